The average molecular weight is 522 g/mol. The molecule has 10 nitrogen and oxygen atoms in total. The number of amides is 1. The van der Waals surface area contributed by atoms with E-state index in [1.165, 1.54) is 27.8 Å². The third-order valence-electron chi connectivity index (χ3n) is 5.26. The summed E-state index contributed by atoms with van der Waals surface area (Å²) in [7, 11) is 0. The second-order valence-electron chi connectivity index (χ2n) is 9.30. The normalized spacial score (nSPS) is 12.1. The van der Waals surface area contributed by atoms with Crippen molar-refractivity contribution in [1.29, 1.82) is 0 Å². The molecule has 38 heavy (non-hydrogen) atoms. The lowest BCUT2D eigenvalue weighted by atomic mass is 10.0. The first-order chi connectivity index (χ1) is 18.0. The third kappa shape index (κ3) is 5.31. The van der Waals surface area contributed by atoms with Gasteiger partial charge in [0.1, 0.15) is 23.4 Å². The zero-order valence-electron chi connectivity index (χ0n) is 20.4. The standard InChI is InChI=1S/C25H21F3N8O2/c1-24(2,3)38-23(37)31-19-12-15(9-10-29-19)18-13-35(21-8-7-20-32-30-14-36(20)33-21)34-22(18)16-5-4-6-17(11-16)25(26,27)28/h4-14H,1-3H3,(H,29,31,37). The van der Waals surface area contributed by atoms with E-state index in [4.69, 9.17) is 4.74 Å². The van der Waals surface area contributed by atoms with E-state index in [2.05, 4.69) is 30.7 Å². The second-order valence-corrected chi connectivity index (χ2v) is 9.30. The molecule has 13 heteroatoms. The van der Waals surface area contributed by atoms with Crippen molar-refractivity contribution < 1.29 is 22.7 Å². The summed E-state index contributed by atoms with van der Waals surface area (Å²) < 4.78 is 48.6. The van der Waals surface area contributed by atoms with Crippen LogP contribution in [0, 0.1) is 0 Å². The number of nitrogens with one attached hydrogen (secondary N) is 1. The van der Waals surface area contributed by atoms with E-state index in [1.807, 2.05) is 0 Å². The van der Waals surface area contributed by atoms with E-state index in [-0.39, 0.29) is 17.1 Å². The van der Waals surface area contributed by atoms with Crippen LogP contribution in [0.5, 0.6) is 0 Å². The molecule has 4 heterocycles. The number of alkyl halides is 3. The molecule has 0 aliphatic heterocycles. The van der Waals surface area contributed by atoms with E-state index < -0.39 is 23.4 Å². The molecule has 0 saturated carbocycles. The molecule has 0 atom stereocenters. The highest BCUT2D eigenvalue weighted by Crippen LogP contribution is 2.36. The zero-order valence-corrected chi connectivity index (χ0v) is 20.4. The van der Waals surface area contributed by atoms with Gasteiger partial charge in [0, 0.05) is 23.5 Å². The van der Waals surface area contributed by atoms with Crippen LogP contribution in [0.2, 0.25) is 0 Å². The van der Waals surface area contributed by atoms with E-state index in [0.717, 1.165) is 12.1 Å². The van der Waals surface area contributed by atoms with Crippen molar-refractivity contribution in [3.8, 4) is 28.2 Å². The minimum Gasteiger partial charge on any atom is -0.444 e. The van der Waals surface area contributed by atoms with E-state index >= 15 is 0 Å². The Hall–Kier alpha value is -4.81. The van der Waals surface area contributed by atoms with Crippen LogP contribution in [0.25, 0.3) is 33.8 Å². The van der Waals surface area contributed by atoms with Gasteiger partial charge in [0.05, 0.1) is 5.56 Å². The molecule has 5 aromatic rings. The summed E-state index contributed by atoms with van der Waals surface area (Å²) in [6, 6.07) is 11.5. The van der Waals surface area contributed by atoms with Crippen LogP contribution in [0.15, 0.2) is 67.3 Å². The number of benzene rings is 1. The number of halogens is 3. The van der Waals surface area contributed by atoms with Gasteiger partial charge in [-0.1, -0.05) is 12.1 Å². The maximum atomic E-state index is 13.5. The molecule has 4 aromatic heterocycles. The van der Waals surface area contributed by atoms with Gasteiger partial charge in [-0.3, -0.25) is 5.32 Å². The summed E-state index contributed by atoms with van der Waals surface area (Å²) in [6.45, 7) is 5.20. The van der Waals surface area contributed by atoms with Crippen LogP contribution in [-0.4, -0.2) is 46.3 Å². The van der Waals surface area contributed by atoms with Crippen molar-refractivity contribution in [2.45, 2.75) is 32.5 Å². The quantitative estimate of drug-likeness (QED) is 0.336. The van der Waals surface area contributed by atoms with Crippen molar-refractivity contribution in [1.82, 2.24) is 34.6 Å². The fourth-order valence-corrected chi connectivity index (χ4v) is 3.67. The maximum absolute atomic E-state index is 13.5. The summed E-state index contributed by atoms with van der Waals surface area (Å²) in [5.74, 6) is 0.585. The summed E-state index contributed by atoms with van der Waals surface area (Å²) in [4.78, 5) is 16.4. The van der Waals surface area contributed by atoms with Gasteiger partial charge in [-0.25, -0.2) is 14.5 Å². The third-order valence-corrected chi connectivity index (χ3v) is 5.26. The van der Waals surface area contributed by atoms with Gasteiger partial charge in [-0.2, -0.15) is 22.8 Å². The summed E-state index contributed by atoms with van der Waals surface area (Å²) >= 11 is 0. The molecule has 1 amide bonds. The van der Waals surface area contributed by atoms with Crippen LogP contribution < -0.4 is 5.32 Å². The van der Waals surface area contributed by atoms with Crippen molar-refractivity contribution >= 4 is 17.6 Å². The lowest BCUT2D eigenvalue weighted by Crippen LogP contribution is -2.27. The molecule has 5 rings (SSSR count). The number of anilines is 1. The van der Waals surface area contributed by atoms with E-state index in [9.17, 15) is 18.0 Å². The summed E-state index contributed by atoms with van der Waals surface area (Å²) in [5, 5.41) is 19.3. The van der Waals surface area contributed by atoms with Gasteiger partial charge in [0.15, 0.2) is 11.5 Å². The molecular formula is C25H21F3N8O2. The molecule has 0 aliphatic rings. The van der Waals surface area contributed by atoms with Crippen molar-refractivity contribution in [2.75, 3.05) is 5.32 Å². The Morgan fingerprint density at radius 1 is 1.00 bits per heavy atom. The SMILES string of the molecule is CC(C)(C)OC(=O)Nc1cc(-c2cn(-c3ccc4nncn4n3)nc2-c2cccc(C(F)(F)F)c2)ccn1. The topological polar surface area (TPSA) is 112 Å². The Labute approximate surface area is 214 Å². The number of carbonyl (C=O) groups is 1. The van der Waals surface area contributed by atoms with Crippen molar-refractivity contribution in [2.24, 2.45) is 0 Å². The lowest BCUT2D eigenvalue weighted by Gasteiger charge is -2.19. The van der Waals surface area contributed by atoms with Crippen LogP contribution in [0.3, 0.4) is 0 Å². The minimum atomic E-state index is -4.53. The molecule has 194 valence electrons. The van der Waals surface area contributed by atoms with Crippen LogP contribution >= 0.6 is 0 Å². The Morgan fingerprint density at radius 2 is 1.82 bits per heavy atom. The van der Waals surface area contributed by atoms with E-state index in [1.54, 1.807) is 57.3 Å². The fourth-order valence-electron chi connectivity index (χ4n) is 3.67. The Balaban J connectivity index is 1.60. The average Bonchev–Trinajstić information content (AvgIpc) is 3.49. The number of nitrogens with zero attached hydrogens (tertiary/aromatic N) is 7. The number of hydrogen-bond donors (Lipinski definition) is 1. The predicted molar refractivity (Wildman–Crippen MR) is 131 cm³/mol. The number of ether oxygens (including phenoxy) is 1. The smallest absolute Gasteiger partial charge is 0.416 e. The lowest BCUT2D eigenvalue weighted by molar-refractivity contribution is -0.137. The van der Waals surface area contributed by atoms with Crippen LogP contribution in [0.1, 0.15) is 26.3 Å². The van der Waals surface area contributed by atoms with Crippen LogP contribution in [0.4, 0.5) is 23.8 Å². The van der Waals surface area contributed by atoms with E-state index in [0.29, 0.717) is 22.6 Å². The highest BCUT2D eigenvalue weighted by Gasteiger charge is 2.31. The first-order valence-electron chi connectivity index (χ1n) is 11.4. The number of rotatable bonds is 4. The number of aromatic nitrogens is 7. The van der Waals surface area contributed by atoms with Crippen molar-refractivity contribution in [3.05, 3.63) is 72.8 Å². The number of fused-ring (bicyclic) bond motifs is 1. The molecule has 1 aromatic carbocycles. The summed E-state index contributed by atoms with van der Waals surface area (Å²) in [6.07, 6.45) is -0.685. The van der Waals surface area contributed by atoms with Crippen molar-refractivity contribution in [3.63, 3.8) is 0 Å². The molecule has 0 unspecified atom stereocenters. The highest BCUT2D eigenvalue weighted by molar-refractivity contribution is 5.86. The Kier molecular flexibility index (Phi) is 6.05. The predicted octanol–water partition coefficient (Wildman–Crippen LogP) is 5.40. The molecule has 0 fully saturated rings. The summed E-state index contributed by atoms with van der Waals surface area (Å²) in [5.41, 5.74) is 0.569. The van der Waals surface area contributed by atoms with Crippen LogP contribution in [-0.2, 0) is 10.9 Å². The van der Waals surface area contributed by atoms with Gasteiger partial charge in [0.25, 0.3) is 0 Å². The van der Waals surface area contributed by atoms with Gasteiger partial charge in [0.2, 0.25) is 0 Å². The molecule has 0 radical (unpaired) electrons. The largest absolute Gasteiger partial charge is 0.444 e. The zero-order chi connectivity index (χ0) is 27.1. The maximum Gasteiger partial charge on any atom is 0.416 e. The molecular weight excluding hydrogens is 501 g/mol. The fraction of sp³-hybridized carbons (Fsp3) is 0.200. The van der Waals surface area contributed by atoms with Gasteiger partial charge in [-0.15, -0.1) is 15.3 Å². The molecule has 0 spiro atoms. The van der Waals surface area contributed by atoms with Gasteiger partial charge >= 0.3 is 12.3 Å². The first kappa shape index (κ1) is 24.9. The molecule has 0 aliphatic carbocycles. The molecule has 1 N–H and O–H groups in total. The first-order valence-corrected chi connectivity index (χ1v) is 11.4. The Bertz CT molecular complexity index is 1640. The van der Waals surface area contributed by atoms with Gasteiger partial charge in [-0.05, 0) is 62.7 Å². The van der Waals surface area contributed by atoms with Gasteiger partial charge < -0.3 is 4.74 Å². The highest BCUT2D eigenvalue weighted by atomic mass is 19.4. The molecule has 0 saturated heterocycles. The number of carbonyl (C=O) groups excluding carboxylic acids is 1. The number of hydrogen-bond acceptors (Lipinski definition) is 7. The monoisotopic (exact) mass is 522 g/mol. The number of pyridine rings is 1. The Morgan fingerprint density at radius 3 is 2.58 bits per heavy atom. The second kappa shape index (κ2) is 9.25. The minimum absolute atomic E-state index is 0.198. The molecule has 0 bridgehead atoms.